The molecule has 1 spiro atoms. The Kier molecular flexibility index (Phi) is 11.4. The zero-order valence-electron chi connectivity index (χ0n) is 25.4. The number of aliphatic hydroxyl groups is 1. The number of nitrogens with zero attached hydrogens (tertiary/aromatic N) is 3. The summed E-state index contributed by atoms with van der Waals surface area (Å²) < 4.78 is 6.97. The first-order valence-electron chi connectivity index (χ1n) is 15.7. The SMILES string of the molecule is C=CCN(CCC)C(=O)[C@H]1[C@H]2C(=O)N(CCCCCCO)C(C(=O)N(CC=C)C(C)CCC)C23CC[C@]1(CC)O3. The van der Waals surface area contributed by atoms with Crippen LogP contribution < -0.4 is 0 Å². The summed E-state index contributed by atoms with van der Waals surface area (Å²) in [5.41, 5.74) is -1.75. The molecule has 3 aliphatic heterocycles. The van der Waals surface area contributed by atoms with Gasteiger partial charge in [-0.3, -0.25) is 14.4 Å². The lowest BCUT2D eigenvalue weighted by Gasteiger charge is -2.39. The fraction of sp³-hybridized carbons (Fsp3) is 0.781. The lowest BCUT2D eigenvalue weighted by atomic mass is 9.64. The van der Waals surface area contributed by atoms with Gasteiger partial charge >= 0.3 is 0 Å². The smallest absolute Gasteiger partial charge is 0.248 e. The zero-order valence-corrected chi connectivity index (χ0v) is 25.4. The lowest BCUT2D eigenvalue weighted by molar-refractivity contribution is -0.156. The van der Waals surface area contributed by atoms with E-state index in [1.807, 2.05) is 23.6 Å². The molecule has 3 fully saturated rings. The summed E-state index contributed by atoms with van der Waals surface area (Å²) in [7, 11) is 0. The van der Waals surface area contributed by atoms with Gasteiger partial charge in [-0.1, -0.05) is 52.2 Å². The van der Waals surface area contributed by atoms with Gasteiger partial charge in [0, 0.05) is 38.8 Å². The maximum atomic E-state index is 14.5. The number of carbonyl (C=O) groups is 3. The van der Waals surface area contributed by atoms with Crippen LogP contribution in [-0.2, 0) is 19.1 Å². The number of amides is 3. The van der Waals surface area contributed by atoms with E-state index in [0.29, 0.717) is 45.4 Å². The standard InChI is InChI=1S/C32H53N3O5/c1-7-16-24(6)34(21-10-4)30(39)27-32-18-17-31(11-5,40-32)25(28(37)33(19-8-2)20-9-3)26(32)29(38)35(27)22-14-12-13-15-23-36/h8,10,24-27,36H,2,4,7,9,11-23H2,1,3,5-6H3/t24?,25-,26+,27?,31+,32?/m1/s1. The maximum Gasteiger partial charge on any atom is 0.248 e. The molecule has 1 N–H and O–H groups in total. The van der Waals surface area contributed by atoms with E-state index in [0.717, 1.165) is 44.9 Å². The Morgan fingerprint density at radius 1 is 1.07 bits per heavy atom. The number of fused-ring (bicyclic) bond motifs is 1. The van der Waals surface area contributed by atoms with Crippen molar-refractivity contribution in [3.8, 4) is 0 Å². The first-order valence-corrected chi connectivity index (χ1v) is 15.7. The van der Waals surface area contributed by atoms with E-state index >= 15 is 0 Å². The summed E-state index contributed by atoms with van der Waals surface area (Å²) in [5, 5.41) is 9.19. The van der Waals surface area contributed by atoms with Crippen LogP contribution >= 0.6 is 0 Å². The van der Waals surface area contributed by atoms with Crippen molar-refractivity contribution >= 4 is 17.7 Å². The third-order valence-corrected chi connectivity index (χ3v) is 9.49. The summed E-state index contributed by atoms with van der Waals surface area (Å²) >= 11 is 0. The van der Waals surface area contributed by atoms with Gasteiger partial charge in [0.1, 0.15) is 11.6 Å². The Morgan fingerprint density at radius 3 is 2.38 bits per heavy atom. The zero-order chi connectivity index (χ0) is 29.5. The van der Waals surface area contributed by atoms with Gasteiger partial charge in [-0.15, -0.1) is 13.2 Å². The van der Waals surface area contributed by atoms with Crippen molar-refractivity contribution in [2.45, 2.75) is 115 Å². The van der Waals surface area contributed by atoms with Gasteiger partial charge < -0.3 is 24.5 Å². The molecule has 3 saturated heterocycles. The van der Waals surface area contributed by atoms with Gasteiger partial charge in [-0.05, 0) is 51.9 Å². The Hall–Kier alpha value is -2.19. The lowest BCUT2D eigenvalue weighted by Crippen LogP contribution is -2.58. The minimum Gasteiger partial charge on any atom is -0.396 e. The number of aliphatic hydroxyl groups excluding tert-OH is 1. The monoisotopic (exact) mass is 559 g/mol. The van der Waals surface area contributed by atoms with Crippen LogP contribution in [0.5, 0.6) is 0 Å². The third-order valence-electron chi connectivity index (χ3n) is 9.49. The van der Waals surface area contributed by atoms with E-state index in [4.69, 9.17) is 4.74 Å². The number of carbonyl (C=O) groups excluding carboxylic acids is 3. The molecule has 3 unspecified atom stereocenters. The van der Waals surface area contributed by atoms with E-state index in [9.17, 15) is 19.5 Å². The molecule has 0 aromatic rings. The van der Waals surface area contributed by atoms with E-state index < -0.39 is 29.1 Å². The van der Waals surface area contributed by atoms with Crippen molar-refractivity contribution in [1.82, 2.24) is 14.7 Å². The van der Waals surface area contributed by atoms with Crippen LogP contribution in [0.1, 0.15) is 91.9 Å². The van der Waals surface area contributed by atoms with E-state index in [1.165, 1.54) is 0 Å². The first kappa shape index (κ1) is 32.3. The summed E-state index contributed by atoms with van der Waals surface area (Å²) in [5.74, 6) is -1.55. The summed E-state index contributed by atoms with van der Waals surface area (Å²) in [6, 6.07) is -0.761. The molecule has 0 aliphatic carbocycles. The molecule has 3 amide bonds. The van der Waals surface area contributed by atoms with Gasteiger partial charge in [0.05, 0.1) is 17.4 Å². The van der Waals surface area contributed by atoms with Crippen LogP contribution in [0.15, 0.2) is 25.3 Å². The van der Waals surface area contributed by atoms with Crippen molar-refractivity contribution in [3.63, 3.8) is 0 Å². The minimum absolute atomic E-state index is 0.00346. The molecule has 0 aromatic heterocycles. The number of unbranched alkanes of at least 4 members (excludes halogenated alkanes) is 3. The first-order chi connectivity index (χ1) is 19.2. The highest BCUT2D eigenvalue weighted by atomic mass is 16.5. The molecule has 2 bridgehead atoms. The predicted octanol–water partition coefficient (Wildman–Crippen LogP) is 4.32. The molecule has 0 radical (unpaired) electrons. The molecule has 8 nitrogen and oxygen atoms in total. The van der Waals surface area contributed by atoms with Gasteiger partial charge in [-0.2, -0.15) is 0 Å². The summed E-state index contributed by atoms with van der Waals surface area (Å²) in [6.07, 6.45) is 11.2. The fourth-order valence-corrected chi connectivity index (χ4v) is 7.63. The predicted molar refractivity (Wildman–Crippen MR) is 157 cm³/mol. The molecule has 0 saturated carbocycles. The van der Waals surface area contributed by atoms with Crippen molar-refractivity contribution < 1.29 is 24.2 Å². The Morgan fingerprint density at radius 2 is 1.77 bits per heavy atom. The minimum atomic E-state index is -1.01. The second-order valence-corrected chi connectivity index (χ2v) is 12.0. The Bertz CT molecular complexity index is 924. The average molecular weight is 560 g/mol. The van der Waals surface area contributed by atoms with E-state index in [2.05, 4.69) is 27.0 Å². The van der Waals surface area contributed by atoms with Crippen molar-refractivity contribution in [3.05, 3.63) is 25.3 Å². The Balaban J connectivity index is 2.06. The summed E-state index contributed by atoms with van der Waals surface area (Å²) in [6.45, 7) is 18.0. The Labute approximate surface area is 241 Å². The van der Waals surface area contributed by atoms with Crippen LogP contribution in [-0.4, -0.2) is 93.6 Å². The number of rotatable bonds is 18. The van der Waals surface area contributed by atoms with Crippen LogP contribution in [0.25, 0.3) is 0 Å². The molecule has 3 rings (SSSR count). The van der Waals surface area contributed by atoms with Crippen LogP contribution in [0.4, 0.5) is 0 Å². The molecule has 8 heteroatoms. The normalized spacial score (nSPS) is 29.4. The average Bonchev–Trinajstić information content (AvgIpc) is 3.54. The highest BCUT2D eigenvalue weighted by molar-refractivity contribution is 5.99. The van der Waals surface area contributed by atoms with Gasteiger partial charge in [-0.25, -0.2) is 0 Å². The molecule has 40 heavy (non-hydrogen) atoms. The number of ether oxygens (including phenoxy) is 1. The molecule has 0 aromatic carbocycles. The second kappa shape index (κ2) is 14.1. The fourth-order valence-electron chi connectivity index (χ4n) is 7.63. The molecule has 6 atom stereocenters. The van der Waals surface area contributed by atoms with Gasteiger partial charge in [0.25, 0.3) is 0 Å². The topological polar surface area (TPSA) is 90.4 Å². The van der Waals surface area contributed by atoms with Crippen LogP contribution in [0.3, 0.4) is 0 Å². The van der Waals surface area contributed by atoms with Gasteiger partial charge in [0.15, 0.2) is 0 Å². The highest BCUT2D eigenvalue weighted by Gasteiger charge is 2.79. The second-order valence-electron chi connectivity index (χ2n) is 12.0. The van der Waals surface area contributed by atoms with E-state index in [1.54, 1.807) is 17.1 Å². The molecule has 226 valence electrons. The number of hydrogen-bond acceptors (Lipinski definition) is 5. The van der Waals surface area contributed by atoms with Crippen molar-refractivity contribution in [1.29, 1.82) is 0 Å². The van der Waals surface area contributed by atoms with Crippen molar-refractivity contribution in [2.75, 3.05) is 32.8 Å². The number of hydrogen-bond donors (Lipinski definition) is 1. The quantitative estimate of drug-likeness (QED) is 0.200. The van der Waals surface area contributed by atoms with Gasteiger partial charge in [0.2, 0.25) is 17.7 Å². The van der Waals surface area contributed by atoms with E-state index in [-0.39, 0.29) is 30.4 Å². The summed E-state index contributed by atoms with van der Waals surface area (Å²) in [4.78, 5) is 48.6. The highest BCUT2D eigenvalue weighted by Crippen LogP contribution is 2.64. The van der Waals surface area contributed by atoms with Crippen molar-refractivity contribution in [2.24, 2.45) is 11.8 Å². The molecular formula is C32H53N3O5. The third kappa shape index (κ3) is 5.76. The van der Waals surface area contributed by atoms with Crippen LogP contribution in [0, 0.1) is 11.8 Å². The van der Waals surface area contributed by atoms with Crippen LogP contribution in [0.2, 0.25) is 0 Å². The molecule has 3 heterocycles. The molecule has 3 aliphatic rings. The maximum absolute atomic E-state index is 14.5. The largest absolute Gasteiger partial charge is 0.396 e. The molecular weight excluding hydrogens is 506 g/mol. The number of likely N-dealkylation sites (tertiary alicyclic amines) is 1.